The summed E-state index contributed by atoms with van der Waals surface area (Å²) in [6, 6.07) is 5.88. The van der Waals surface area contributed by atoms with Crippen molar-refractivity contribution >= 4 is 5.95 Å². The summed E-state index contributed by atoms with van der Waals surface area (Å²) in [4.78, 5) is 13.3. The van der Waals surface area contributed by atoms with Crippen molar-refractivity contribution in [2.45, 2.75) is 13.5 Å². The zero-order valence-corrected chi connectivity index (χ0v) is 13.0. The summed E-state index contributed by atoms with van der Waals surface area (Å²) in [5.41, 5.74) is 0. The third-order valence-corrected chi connectivity index (χ3v) is 3.91. The highest BCUT2D eigenvalue weighted by atomic mass is 16.3. The topological polar surface area (TPSA) is 57.4 Å². The number of rotatable bonds is 6. The van der Waals surface area contributed by atoms with E-state index in [-0.39, 0.29) is 0 Å². The second-order valence-electron chi connectivity index (χ2n) is 5.57. The molecule has 1 N–H and O–H groups in total. The number of hydrogen-bond donors (Lipinski definition) is 1. The lowest BCUT2D eigenvalue weighted by Crippen LogP contribution is -2.48. The summed E-state index contributed by atoms with van der Waals surface area (Å²) in [5, 5.41) is 3.43. The van der Waals surface area contributed by atoms with Gasteiger partial charge in [-0.2, -0.15) is 0 Å². The lowest BCUT2D eigenvalue weighted by molar-refractivity contribution is 0.255. The molecule has 0 aromatic carbocycles. The van der Waals surface area contributed by atoms with Gasteiger partial charge in [0.15, 0.2) is 0 Å². The summed E-state index contributed by atoms with van der Waals surface area (Å²) in [5.74, 6) is 2.81. The first-order valence-corrected chi connectivity index (χ1v) is 7.81. The second kappa shape index (κ2) is 7.38. The molecule has 0 radical (unpaired) electrons. The first-order chi connectivity index (χ1) is 10.8. The highest BCUT2D eigenvalue weighted by molar-refractivity contribution is 5.29. The zero-order chi connectivity index (χ0) is 15.2. The third kappa shape index (κ3) is 4.05. The zero-order valence-electron chi connectivity index (χ0n) is 13.0. The monoisotopic (exact) mass is 301 g/mol. The van der Waals surface area contributed by atoms with Gasteiger partial charge in [-0.15, -0.1) is 0 Å². The van der Waals surface area contributed by atoms with Crippen LogP contribution in [0.3, 0.4) is 0 Å². The maximum absolute atomic E-state index is 5.54. The molecule has 6 nitrogen and oxygen atoms in total. The lowest BCUT2D eigenvalue weighted by atomic mass is 10.3. The van der Waals surface area contributed by atoms with Gasteiger partial charge < -0.3 is 14.6 Å². The van der Waals surface area contributed by atoms with Crippen molar-refractivity contribution in [1.82, 2.24) is 20.2 Å². The van der Waals surface area contributed by atoms with Crippen molar-refractivity contribution in [3.63, 3.8) is 0 Å². The Bertz CT molecular complexity index is 563. The first-order valence-electron chi connectivity index (χ1n) is 7.81. The smallest absolute Gasteiger partial charge is 0.225 e. The summed E-state index contributed by atoms with van der Waals surface area (Å²) in [6.07, 6.45) is 3.60. The van der Waals surface area contributed by atoms with E-state index >= 15 is 0 Å². The Morgan fingerprint density at radius 3 is 2.59 bits per heavy atom. The molecule has 0 saturated carbocycles. The molecule has 1 aliphatic rings. The summed E-state index contributed by atoms with van der Waals surface area (Å²) in [7, 11) is 0. The van der Waals surface area contributed by atoms with Gasteiger partial charge in [-0.25, -0.2) is 9.97 Å². The van der Waals surface area contributed by atoms with Crippen LogP contribution in [-0.4, -0.2) is 54.1 Å². The average Bonchev–Trinajstić information content (AvgIpc) is 2.98. The molecule has 0 spiro atoms. The van der Waals surface area contributed by atoms with Crippen molar-refractivity contribution < 1.29 is 4.42 Å². The third-order valence-electron chi connectivity index (χ3n) is 3.91. The van der Waals surface area contributed by atoms with Crippen LogP contribution < -0.4 is 10.2 Å². The van der Waals surface area contributed by atoms with Crippen molar-refractivity contribution in [3.8, 4) is 0 Å². The molecule has 0 aliphatic carbocycles. The van der Waals surface area contributed by atoms with Crippen LogP contribution in [-0.2, 0) is 6.54 Å². The molecule has 3 heterocycles. The standard InChI is InChI=1S/C16H23N5O/c1-14-3-4-15(22-14)13-17-7-8-20-9-11-21(12-10-20)16-18-5-2-6-19-16/h2-6,17H,7-13H2,1H3. The predicted molar refractivity (Wildman–Crippen MR) is 85.8 cm³/mol. The maximum Gasteiger partial charge on any atom is 0.225 e. The fraction of sp³-hybridized carbons (Fsp3) is 0.500. The quantitative estimate of drug-likeness (QED) is 0.812. The molecule has 1 saturated heterocycles. The SMILES string of the molecule is Cc1ccc(CNCCN2CCN(c3ncccn3)CC2)o1. The number of aromatic nitrogens is 2. The molecule has 2 aromatic rings. The fourth-order valence-corrected chi connectivity index (χ4v) is 2.65. The maximum atomic E-state index is 5.54. The molecule has 1 fully saturated rings. The molecular formula is C16H23N5O. The van der Waals surface area contributed by atoms with Crippen LogP contribution in [0.25, 0.3) is 0 Å². The fourth-order valence-electron chi connectivity index (χ4n) is 2.65. The largest absolute Gasteiger partial charge is 0.465 e. The van der Waals surface area contributed by atoms with Crippen LogP contribution >= 0.6 is 0 Å². The van der Waals surface area contributed by atoms with Gasteiger partial charge in [0, 0.05) is 51.7 Å². The summed E-state index contributed by atoms with van der Waals surface area (Å²) >= 11 is 0. The van der Waals surface area contributed by atoms with E-state index in [4.69, 9.17) is 4.42 Å². The number of nitrogens with one attached hydrogen (secondary N) is 1. The molecule has 0 unspecified atom stereocenters. The van der Waals surface area contributed by atoms with Crippen molar-refractivity contribution in [2.75, 3.05) is 44.2 Å². The molecule has 6 heteroatoms. The number of hydrogen-bond acceptors (Lipinski definition) is 6. The Kier molecular flexibility index (Phi) is 5.03. The van der Waals surface area contributed by atoms with Crippen LogP contribution in [0.4, 0.5) is 5.95 Å². The molecule has 118 valence electrons. The molecule has 1 aliphatic heterocycles. The Labute approximate surface area is 131 Å². The van der Waals surface area contributed by atoms with Crippen LogP contribution in [0.5, 0.6) is 0 Å². The molecule has 0 bridgehead atoms. The molecule has 22 heavy (non-hydrogen) atoms. The minimum absolute atomic E-state index is 0.797. The number of aryl methyl sites for hydroxylation is 1. The Morgan fingerprint density at radius 2 is 1.91 bits per heavy atom. The minimum Gasteiger partial charge on any atom is -0.465 e. The number of piperazine rings is 1. The van der Waals surface area contributed by atoms with Gasteiger partial charge >= 0.3 is 0 Å². The van der Waals surface area contributed by atoms with Crippen molar-refractivity contribution in [3.05, 3.63) is 42.1 Å². The molecule has 0 atom stereocenters. The van der Waals surface area contributed by atoms with E-state index in [9.17, 15) is 0 Å². The normalized spacial score (nSPS) is 16.1. The van der Waals surface area contributed by atoms with E-state index in [1.165, 1.54) is 0 Å². The van der Waals surface area contributed by atoms with E-state index in [0.29, 0.717) is 0 Å². The van der Waals surface area contributed by atoms with Gasteiger partial charge in [-0.1, -0.05) is 0 Å². The van der Waals surface area contributed by atoms with E-state index in [2.05, 4.69) is 25.1 Å². The van der Waals surface area contributed by atoms with Crippen LogP contribution in [0.1, 0.15) is 11.5 Å². The van der Waals surface area contributed by atoms with Gasteiger partial charge in [0.25, 0.3) is 0 Å². The summed E-state index contributed by atoms with van der Waals surface area (Å²) < 4.78 is 5.54. The molecule has 2 aromatic heterocycles. The Hall–Kier alpha value is -1.92. The predicted octanol–water partition coefficient (Wildman–Crippen LogP) is 1.29. The highest BCUT2D eigenvalue weighted by Crippen LogP contribution is 2.09. The van der Waals surface area contributed by atoms with E-state index in [1.54, 1.807) is 12.4 Å². The Morgan fingerprint density at radius 1 is 1.14 bits per heavy atom. The van der Waals surface area contributed by atoms with Crippen LogP contribution in [0, 0.1) is 6.92 Å². The van der Waals surface area contributed by atoms with E-state index in [1.807, 2.05) is 25.1 Å². The number of furan rings is 1. The number of anilines is 1. The molecule has 3 rings (SSSR count). The highest BCUT2D eigenvalue weighted by Gasteiger charge is 2.18. The number of nitrogens with zero attached hydrogens (tertiary/aromatic N) is 4. The van der Waals surface area contributed by atoms with Gasteiger partial charge in [-0.3, -0.25) is 4.90 Å². The Balaban J connectivity index is 1.34. The van der Waals surface area contributed by atoms with E-state index < -0.39 is 0 Å². The molecular weight excluding hydrogens is 278 g/mol. The van der Waals surface area contributed by atoms with E-state index in [0.717, 1.165) is 63.3 Å². The van der Waals surface area contributed by atoms with Crippen LogP contribution in [0.15, 0.2) is 35.0 Å². The van der Waals surface area contributed by atoms with Gasteiger partial charge in [0.1, 0.15) is 11.5 Å². The van der Waals surface area contributed by atoms with Gasteiger partial charge in [-0.05, 0) is 25.1 Å². The molecule has 0 amide bonds. The van der Waals surface area contributed by atoms with Crippen LogP contribution in [0.2, 0.25) is 0 Å². The van der Waals surface area contributed by atoms with Crippen molar-refractivity contribution in [2.24, 2.45) is 0 Å². The second-order valence-corrected chi connectivity index (χ2v) is 5.57. The lowest BCUT2D eigenvalue weighted by Gasteiger charge is -2.34. The minimum atomic E-state index is 0.797. The van der Waals surface area contributed by atoms with Gasteiger partial charge in [0.2, 0.25) is 5.95 Å². The van der Waals surface area contributed by atoms with Gasteiger partial charge in [0.05, 0.1) is 6.54 Å². The summed E-state index contributed by atoms with van der Waals surface area (Å²) in [6.45, 7) is 8.89. The average molecular weight is 301 g/mol. The van der Waals surface area contributed by atoms with Crippen molar-refractivity contribution in [1.29, 1.82) is 0 Å². The first kappa shape index (κ1) is 15.0.